The molecule has 1 aliphatic carbocycles. The lowest BCUT2D eigenvalue weighted by atomic mass is 9.80. The fourth-order valence-electron chi connectivity index (χ4n) is 1.79. The molecule has 0 amide bonds. The summed E-state index contributed by atoms with van der Waals surface area (Å²) in [5.74, 6) is 1.76. The molecule has 1 radical (unpaired) electrons. The second-order valence-corrected chi connectivity index (χ2v) is 3.86. The monoisotopic (exact) mass is 140 g/mol. The van der Waals surface area contributed by atoms with E-state index in [1.54, 1.807) is 0 Å². The smallest absolute Gasteiger partial charge is 0.0213 e. The molecule has 0 unspecified atom stereocenters. The van der Waals surface area contributed by atoms with E-state index in [0.29, 0.717) is 0 Å². The Morgan fingerprint density at radius 2 is 1.60 bits per heavy atom. The van der Waals surface area contributed by atoms with Crippen LogP contribution in [0.25, 0.3) is 0 Å². The molecule has 1 nitrogen and oxygen atoms in total. The summed E-state index contributed by atoms with van der Waals surface area (Å²) in [6.45, 7) is 4.60. The maximum Gasteiger partial charge on any atom is 0.0213 e. The lowest BCUT2D eigenvalue weighted by molar-refractivity contribution is 0.257. The average molecular weight is 140 g/mol. The molecule has 1 fully saturated rings. The van der Waals surface area contributed by atoms with Gasteiger partial charge in [0.05, 0.1) is 0 Å². The van der Waals surface area contributed by atoms with Crippen LogP contribution in [0.2, 0.25) is 0 Å². The van der Waals surface area contributed by atoms with E-state index in [4.69, 9.17) is 5.73 Å². The summed E-state index contributed by atoms with van der Waals surface area (Å²) in [5.41, 5.74) is 7.50. The average Bonchev–Trinajstić information content (AvgIpc) is 1.88. The molecule has 1 N–H and O–H groups in total. The van der Waals surface area contributed by atoms with Crippen molar-refractivity contribution in [3.05, 3.63) is 0 Å². The van der Waals surface area contributed by atoms with E-state index < -0.39 is 0 Å². The van der Waals surface area contributed by atoms with E-state index in [1.807, 2.05) is 0 Å². The third-order valence-electron chi connectivity index (χ3n) is 2.71. The van der Waals surface area contributed by atoms with Crippen LogP contribution >= 0.6 is 0 Å². The molecular weight excluding hydrogens is 122 g/mol. The molecule has 0 atom stereocenters. The molecule has 0 aromatic heterocycles. The largest absolute Gasteiger partial charge is 0.255 e. The van der Waals surface area contributed by atoms with Crippen molar-refractivity contribution in [2.24, 2.45) is 11.8 Å². The summed E-state index contributed by atoms with van der Waals surface area (Å²) in [5, 5.41) is 0. The fourth-order valence-corrected chi connectivity index (χ4v) is 1.79. The highest BCUT2D eigenvalue weighted by Crippen LogP contribution is 2.29. The van der Waals surface area contributed by atoms with Gasteiger partial charge in [-0.3, -0.25) is 5.73 Å². The Bertz CT molecular complexity index is 90.9. The topological polar surface area (TPSA) is 23.8 Å². The Hall–Kier alpha value is -0.0400. The SMILES string of the molecule is CC(C)C1CCC([NH])CC1. The van der Waals surface area contributed by atoms with Crippen LogP contribution < -0.4 is 5.73 Å². The van der Waals surface area contributed by atoms with Crippen LogP contribution in [-0.4, -0.2) is 6.04 Å². The van der Waals surface area contributed by atoms with Crippen LogP contribution in [0.15, 0.2) is 0 Å². The van der Waals surface area contributed by atoms with Crippen LogP contribution in [0.5, 0.6) is 0 Å². The molecule has 10 heavy (non-hydrogen) atoms. The standard InChI is InChI=1S/C9H18N/c1-7(2)8-3-5-9(10)6-4-8/h7-10H,3-6H2,1-2H3. The molecule has 0 spiro atoms. The minimum Gasteiger partial charge on any atom is -0.255 e. The lowest BCUT2D eigenvalue weighted by Gasteiger charge is -2.28. The number of hydrogen-bond acceptors (Lipinski definition) is 0. The van der Waals surface area contributed by atoms with Gasteiger partial charge < -0.3 is 0 Å². The van der Waals surface area contributed by atoms with E-state index >= 15 is 0 Å². The molecule has 0 aromatic carbocycles. The molecular formula is C9H18N. The van der Waals surface area contributed by atoms with Gasteiger partial charge >= 0.3 is 0 Å². The molecule has 1 heteroatoms. The Labute approximate surface area is 64.0 Å². The van der Waals surface area contributed by atoms with Gasteiger partial charge in [0.2, 0.25) is 0 Å². The van der Waals surface area contributed by atoms with Crippen molar-refractivity contribution in [1.82, 2.24) is 5.73 Å². The Kier molecular flexibility index (Phi) is 2.72. The molecule has 1 aliphatic rings. The first-order valence-corrected chi connectivity index (χ1v) is 4.41. The van der Waals surface area contributed by atoms with E-state index in [2.05, 4.69) is 13.8 Å². The van der Waals surface area contributed by atoms with Crippen molar-refractivity contribution in [3.63, 3.8) is 0 Å². The molecule has 0 aliphatic heterocycles. The van der Waals surface area contributed by atoms with Crippen molar-refractivity contribution in [2.75, 3.05) is 0 Å². The first-order chi connectivity index (χ1) is 4.70. The van der Waals surface area contributed by atoms with Crippen LogP contribution in [-0.2, 0) is 0 Å². The molecule has 1 rings (SSSR count). The summed E-state index contributed by atoms with van der Waals surface area (Å²) in [6.07, 6.45) is 4.88. The van der Waals surface area contributed by atoms with Crippen LogP contribution in [0.1, 0.15) is 39.5 Å². The molecule has 1 saturated carbocycles. The van der Waals surface area contributed by atoms with Gasteiger partial charge in [0.1, 0.15) is 0 Å². The van der Waals surface area contributed by atoms with Gasteiger partial charge in [-0.05, 0) is 37.5 Å². The minimum atomic E-state index is 0.259. The molecule has 0 heterocycles. The summed E-state index contributed by atoms with van der Waals surface area (Å²) in [7, 11) is 0. The quantitative estimate of drug-likeness (QED) is 0.534. The van der Waals surface area contributed by atoms with Crippen molar-refractivity contribution in [3.8, 4) is 0 Å². The van der Waals surface area contributed by atoms with Gasteiger partial charge in [0.15, 0.2) is 0 Å². The Morgan fingerprint density at radius 3 is 2.00 bits per heavy atom. The highest BCUT2D eigenvalue weighted by atomic mass is 14.6. The first-order valence-electron chi connectivity index (χ1n) is 4.41. The Balaban J connectivity index is 2.26. The maximum absolute atomic E-state index is 7.50. The number of hydrogen-bond donors (Lipinski definition) is 0. The zero-order chi connectivity index (χ0) is 7.56. The zero-order valence-electron chi connectivity index (χ0n) is 7.06. The summed E-state index contributed by atoms with van der Waals surface area (Å²) >= 11 is 0. The molecule has 0 aromatic rings. The fraction of sp³-hybridized carbons (Fsp3) is 1.00. The van der Waals surface area contributed by atoms with Gasteiger partial charge in [0, 0.05) is 6.04 Å². The van der Waals surface area contributed by atoms with Gasteiger partial charge in [-0.1, -0.05) is 13.8 Å². The van der Waals surface area contributed by atoms with Crippen LogP contribution in [0.4, 0.5) is 0 Å². The van der Waals surface area contributed by atoms with E-state index in [9.17, 15) is 0 Å². The summed E-state index contributed by atoms with van der Waals surface area (Å²) in [6, 6.07) is 0.259. The van der Waals surface area contributed by atoms with E-state index in [0.717, 1.165) is 24.7 Å². The normalized spacial score (nSPS) is 34.8. The predicted molar refractivity (Wildman–Crippen MR) is 43.7 cm³/mol. The highest BCUT2D eigenvalue weighted by molar-refractivity contribution is 4.75. The Morgan fingerprint density at radius 1 is 1.10 bits per heavy atom. The first kappa shape index (κ1) is 8.06. The lowest BCUT2D eigenvalue weighted by Crippen LogP contribution is -2.22. The minimum absolute atomic E-state index is 0.259. The maximum atomic E-state index is 7.50. The molecule has 0 bridgehead atoms. The molecule has 0 saturated heterocycles. The van der Waals surface area contributed by atoms with Crippen molar-refractivity contribution in [2.45, 2.75) is 45.6 Å². The molecule has 59 valence electrons. The van der Waals surface area contributed by atoms with Crippen LogP contribution in [0, 0.1) is 11.8 Å². The number of nitrogens with one attached hydrogen (secondary N) is 1. The third-order valence-corrected chi connectivity index (χ3v) is 2.71. The van der Waals surface area contributed by atoms with Gasteiger partial charge in [-0.2, -0.15) is 0 Å². The highest BCUT2D eigenvalue weighted by Gasteiger charge is 2.20. The second kappa shape index (κ2) is 3.38. The zero-order valence-corrected chi connectivity index (χ0v) is 7.06. The number of rotatable bonds is 1. The van der Waals surface area contributed by atoms with Crippen molar-refractivity contribution in [1.29, 1.82) is 0 Å². The summed E-state index contributed by atoms with van der Waals surface area (Å²) in [4.78, 5) is 0. The van der Waals surface area contributed by atoms with Crippen molar-refractivity contribution >= 4 is 0 Å². The van der Waals surface area contributed by atoms with Crippen molar-refractivity contribution < 1.29 is 0 Å². The second-order valence-electron chi connectivity index (χ2n) is 3.86. The van der Waals surface area contributed by atoms with Gasteiger partial charge in [-0.15, -0.1) is 0 Å². The van der Waals surface area contributed by atoms with Crippen LogP contribution in [0.3, 0.4) is 0 Å². The predicted octanol–water partition coefficient (Wildman–Crippen LogP) is 2.48. The van der Waals surface area contributed by atoms with E-state index in [1.165, 1.54) is 12.8 Å². The van der Waals surface area contributed by atoms with Gasteiger partial charge in [-0.25, -0.2) is 0 Å². The summed E-state index contributed by atoms with van der Waals surface area (Å²) < 4.78 is 0. The third kappa shape index (κ3) is 1.98. The van der Waals surface area contributed by atoms with Gasteiger partial charge in [0.25, 0.3) is 0 Å². The van der Waals surface area contributed by atoms with E-state index in [-0.39, 0.29) is 6.04 Å².